The summed E-state index contributed by atoms with van der Waals surface area (Å²) in [6.07, 6.45) is 4.34. The van der Waals surface area contributed by atoms with Gasteiger partial charge in [-0.15, -0.1) is 0 Å². The molecule has 0 radical (unpaired) electrons. The number of aliphatic imine (C=N–C) groups is 1. The number of nitrogens with one attached hydrogen (secondary N) is 2. The Labute approximate surface area is 181 Å². The SMILES string of the molecule is CN=C(NCc1ccc(-n2nc(C)cc2C)nc1)NC1CCN(c2ncccc2F)C1. The van der Waals surface area contributed by atoms with Crippen LogP contribution < -0.4 is 15.5 Å². The molecule has 0 spiro atoms. The van der Waals surface area contributed by atoms with Gasteiger partial charge in [-0.25, -0.2) is 19.0 Å². The van der Waals surface area contributed by atoms with Crippen LogP contribution in [-0.4, -0.2) is 51.9 Å². The fourth-order valence-electron chi connectivity index (χ4n) is 3.76. The van der Waals surface area contributed by atoms with Crippen LogP contribution in [0, 0.1) is 19.7 Å². The summed E-state index contributed by atoms with van der Waals surface area (Å²) in [5, 5.41) is 11.2. The van der Waals surface area contributed by atoms with Crippen LogP contribution in [0.3, 0.4) is 0 Å². The van der Waals surface area contributed by atoms with Gasteiger partial charge < -0.3 is 15.5 Å². The molecule has 4 heterocycles. The van der Waals surface area contributed by atoms with Crippen LogP contribution in [0.5, 0.6) is 0 Å². The van der Waals surface area contributed by atoms with E-state index in [4.69, 9.17) is 0 Å². The van der Waals surface area contributed by atoms with E-state index < -0.39 is 0 Å². The summed E-state index contributed by atoms with van der Waals surface area (Å²) in [6.45, 7) is 6.00. The van der Waals surface area contributed by atoms with Crippen LogP contribution in [0.2, 0.25) is 0 Å². The van der Waals surface area contributed by atoms with Crippen molar-refractivity contribution >= 4 is 11.8 Å². The second-order valence-electron chi connectivity index (χ2n) is 7.67. The maximum absolute atomic E-state index is 14.0. The second kappa shape index (κ2) is 9.11. The van der Waals surface area contributed by atoms with E-state index in [0.717, 1.165) is 35.7 Å². The van der Waals surface area contributed by atoms with E-state index >= 15 is 0 Å². The lowest BCUT2D eigenvalue weighted by Gasteiger charge is -2.20. The predicted octanol–water partition coefficient (Wildman–Crippen LogP) is 2.36. The van der Waals surface area contributed by atoms with Crippen LogP contribution in [0.25, 0.3) is 5.82 Å². The highest BCUT2D eigenvalue weighted by atomic mass is 19.1. The van der Waals surface area contributed by atoms with Crippen molar-refractivity contribution in [1.82, 2.24) is 30.4 Å². The number of aryl methyl sites for hydroxylation is 2. The molecule has 4 rings (SSSR count). The van der Waals surface area contributed by atoms with E-state index in [1.54, 1.807) is 19.3 Å². The number of rotatable bonds is 5. The normalized spacial score (nSPS) is 16.6. The van der Waals surface area contributed by atoms with Gasteiger partial charge in [0.05, 0.1) is 5.69 Å². The molecular weight excluding hydrogens is 395 g/mol. The lowest BCUT2D eigenvalue weighted by atomic mass is 10.2. The highest BCUT2D eigenvalue weighted by molar-refractivity contribution is 5.80. The maximum Gasteiger partial charge on any atom is 0.191 e. The van der Waals surface area contributed by atoms with Gasteiger partial charge in [0.25, 0.3) is 0 Å². The smallest absolute Gasteiger partial charge is 0.191 e. The molecule has 1 atom stereocenters. The highest BCUT2D eigenvalue weighted by Crippen LogP contribution is 2.20. The zero-order valence-electron chi connectivity index (χ0n) is 18.0. The van der Waals surface area contributed by atoms with Gasteiger partial charge in [0.1, 0.15) is 0 Å². The van der Waals surface area contributed by atoms with Crippen molar-refractivity contribution in [2.75, 3.05) is 25.0 Å². The molecule has 0 amide bonds. The third-order valence-corrected chi connectivity index (χ3v) is 5.29. The van der Waals surface area contributed by atoms with Crippen molar-refractivity contribution in [1.29, 1.82) is 0 Å². The molecule has 0 bridgehead atoms. The van der Waals surface area contributed by atoms with Crippen LogP contribution >= 0.6 is 0 Å². The maximum atomic E-state index is 14.0. The van der Waals surface area contributed by atoms with E-state index in [1.165, 1.54) is 6.07 Å². The first-order valence-electron chi connectivity index (χ1n) is 10.3. The van der Waals surface area contributed by atoms with Crippen molar-refractivity contribution in [2.24, 2.45) is 4.99 Å². The Kier molecular flexibility index (Phi) is 6.11. The average molecular weight is 423 g/mol. The van der Waals surface area contributed by atoms with Gasteiger partial charge in [-0.05, 0) is 50.1 Å². The van der Waals surface area contributed by atoms with Crippen LogP contribution in [0.1, 0.15) is 23.4 Å². The van der Waals surface area contributed by atoms with Crippen molar-refractivity contribution in [3.05, 3.63) is 65.5 Å². The number of anilines is 1. The number of aromatic nitrogens is 4. The Morgan fingerprint density at radius 2 is 2.13 bits per heavy atom. The summed E-state index contributed by atoms with van der Waals surface area (Å²) in [7, 11) is 1.74. The minimum atomic E-state index is -0.290. The molecule has 3 aromatic rings. The molecule has 1 saturated heterocycles. The van der Waals surface area contributed by atoms with Crippen LogP contribution in [-0.2, 0) is 6.54 Å². The molecule has 2 N–H and O–H groups in total. The minimum absolute atomic E-state index is 0.166. The van der Waals surface area contributed by atoms with Crippen molar-refractivity contribution in [3.8, 4) is 5.82 Å². The van der Waals surface area contributed by atoms with Gasteiger partial charge >= 0.3 is 0 Å². The van der Waals surface area contributed by atoms with Gasteiger partial charge in [-0.2, -0.15) is 5.10 Å². The zero-order valence-corrected chi connectivity index (χ0v) is 18.0. The Morgan fingerprint density at radius 3 is 2.81 bits per heavy atom. The Balaban J connectivity index is 1.31. The summed E-state index contributed by atoms with van der Waals surface area (Å²) in [6, 6.07) is 9.23. The van der Waals surface area contributed by atoms with Gasteiger partial charge in [0.15, 0.2) is 23.4 Å². The molecule has 1 fully saturated rings. The lowest BCUT2D eigenvalue weighted by Crippen LogP contribution is -2.44. The molecule has 8 nitrogen and oxygen atoms in total. The largest absolute Gasteiger partial charge is 0.352 e. The molecule has 1 unspecified atom stereocenters. The minimum Gasteiger partial charge on any atom is -0.352 e. The van der Waals surface area contributed by atoms with Crippen molar-refractivity contribution in [2.45, 2.75) is 32.9 Å². The molecule has 3 aromatic heterocycles. The number of halogens is 1. The monoisotopic (exact) mass is 422 g/mol. The number of hydrogen-bond acceptors (Lipinski definition) is 5. The summed E-state index contributed by atoms with van der Waals surface area (Å²) < 4.78 is 15.8. The number of guanidine groups is 1. The topological polar surface area (TPSA) is 83.3 Å². The van der Waals surface area contributed by atoms with Gasteiger partial charge in [-0.3, -0.25) is 4.99 Å². The number of nitrogens with zero attached hydrogens (tertiary/aromatic N) is 6. The van der Waals surface area contributed by atoms with E-state index in [0.29, 0.717) is 24.9 Å². The first-order valence-corrected chi connectivity index (χ1v) is 10.3. The van der Waals surface area contributed by atoms with Crippen LogP contribution in [0.15, 0.2) is 47.7 Å². The standard InChI is InChI=1S/C22H27FN8/c1-15-11-16(2)31(29-15)20-7-6-17(12-26-20)13-27-22(24-3)28-18-8-10-30(14-18)21-19(23)5-4-9-25-21/h4-7,9,11-12,18H,8,10,13-14H2,1-3H3,(H2,24,27,28). The molecule has 9 heteroatoms. The van der Waals surface area contributed by atoms with Crippen molar-refractivity contribution in [3.63, 3.8) is 0 Å². The fraction of sp³-hybridized carbons (Fsp3) is 0.364. The third-order valence-electron chi connectivity index (χ3n) is 5.29. The zero-order chi connectivity index (χ0) is 21.8. The van der Waals surface area contributed by atoms with E-state index in [2.05, 4.69) is 30.7 Å². The quantitative estimate of drug-likeness (QED) is 0.485. The Bertz CT molecular complexity index is 1060. The van der Waals surface area contributed by atoms with Gasteiger partial charge in [0.2, 0.25) is 0 Å². The molecule has 31 heavy (non-hydrogen) atoms. The number of hydrogen-bond donors (Lipinski definition) is 2. The number of pyridine rings is 2. The van der Waals surface area contributed by atoms with Gasteiger partial charge in [-0.1, -0.05) is 6.07 Å². The molecule has 0 saturated carbocycles. The van der Waals surface area contributed by atoms with Gasteiger partial charge in [0, 0.05) is 50.8 Å². The van der Waals surface area contributed by atoms with Crippen molar-refractivity contribution < 1.29 is 4.39 Å². The molecule has 0 aromatic carbocycles. The summed E-state index contributed by atoms with van der Waals surface area (Å²) in [4.78, 5) is 15.0. The summed E-state index contributed by atoms with van der Waals surface area (Å²) >= 11 is 0. The first-order chi connectivity index (χ1) is 15.0. The fourth-order valence-corrected chi connectivity index (χ4v) is 3.76. The summed E-state index contributed by atoms with van der Waals surface area (Å²) in [5.74, 6) is 1.62. The first kappa shape index (κ1) is 20.8. The van der Waals surface area contributed by atoms with Crippen LogP contribution in [0.4, 0.5) is 10.2 Å². The highest BCUT2D eigenvalue weighted by Gasteiger charge is 2.25. The average Bonchev–Trinajstić information content (AvgIpc) is 3.37. The van der Waals surface area contributed by atoms with E-state index in [-0.39, 0.29) is 11.9 Å². The summed E-state index contributed by atoms with van der Waals surface area (Å²) in [5.41, 5.74) is 3.06. The lowest BCUT2D eigenvalue weighted by molar-refractivity contribution is 0.612. The Hall–Kier alpha value is -3.49. The molecule has 0 aliphatic carbocycles. The van der Waals surface area contributed by atoms with E-state index in [1.807, 2.05) is 47.8 Å². The Morgan fingerprint density at radius 1 is 1.26 bits per heavy atom. The molecule has 162 valence electrons. The third kappa shape index (κ3) is 4.82. The molecule has 1 aliphatic rings. The molecule has 1 aliphatic heterocycles. The second-order valence-corrected chi connectivity index (χ2v) is 7.67. The van der Waals surface area contributed by atoms with E-state index in [9.17, 15) is 4.39 Å². The molecular formula is C22H27FN8. The predicted molar refractivity (Wildman–Crippen MR) is 119 cm³/mol.